The normalized spacial score (nSPS) is 16.1. The van der Waals surface area contributed by atoms with Gasteiger partial charge in [-0.2, -0.15) is 17.7 Å². The van der Waals surface area contributed by atoms with Crippen molar-refractivity contribution in [2.75, 3.05) is 67.1 Å². The number of nitrogens with zero attached hydrogens (tertiary/aromatic N) is 7. The molecule has 11 heteroatoms. The Morgan fingerprint density at radius 2 is 1.12 bits per heavy atom. The van der Waals surface area contributed by atoms with Gasteiger partial charge in [-0.05, 0) is 62.1 Å². The number of anilines is 3. The number of nitrogens with one attached hydrogen (secondary N) is 1. The number of hydrogen-bond donors (Lipinski definition) is 1. The smallest absolute Gasteiger partial charge is 0.369 e. The number of benzene rings is 2. The van der Waals surface area contributed by atoms with E-state index in [9.17, 15) is 13.2 Å². The molecule has 0 saturated carbocycles. The molecule has 0 atom stereocenters. The molecule has 2 aromatic carbocycles. The summed E-state index contributed by atoms with van der Waals surface area (Å²) in [6.07, 6.45) is -4.59. The van der Waals surface area contributed by atoms with Crippen LogP contribution in [-0.4, -0.2) is 72.2 Å². The summed E-state index contributed by atoms with van der Waals surface area (Å²) in [5.74, 6) is -0.609. The van der Waals surface area contributed by atoms with Crippen LogP contribution in [0, 0.1) is 27.7 Å². The summed E-state index contributed by atoms with van der Waals surface area (Å²) >= 11 is 0. The third-order valence-corrected chi connectivity index (χ3v) is 7.73. The molecule has 0 aliphatic carbocycles. The number of para-hydroxylation sites is 2. The fourth-order valence-corrected chi connectivity index (χ4v) is 5.78. The molecule has 2 fully saturated rings. The minimum absolute atomic E-state index is 0.0836. The number of fused-ring (bicyclic) bond motifs is 1. The van der Waals surface area contributed by atoms with Gasteiger partial charge >= 0.3 is 6.18 Å². The molecule has 2 aliphatic heterocycles. The van der Waals surface area contributed by atoms with Gasteiger partial charge in [0.15, 0.2) is 5.65 Å². The topological polar surface area (TPSA) is 64.8 Å². The van der Waals surface area contributed by atoms with Gasteiger partial charge in [-0.15, -0.1) is 15.3 Å². The highest BCUT2D eigenvalue weighted by Crippen LogP contribution is 2.29. The second-order valence-electron chi connectivity index (χ2n) is 10.7. The summed E-state index contributed by atoms with van der Waals surface area (Å²) in [5.41, 5.74) is 8.00. The highest BCUT2D eigenvalue weighted by atomic mass is 19.4. The number of hydrogen-bond acceptors (Lipinski definition) is 7. The summed E-state index contributed by atoms with van der Waals surface area (Å²) in [6.45, 7) is 16.0. The van der Waals surface area contributed by atoms with Crippen LogP contribution < -0.4 is 20.0 Å². The van der Waals surface area contributed by atoms with Gasteiger partial charge in [0.05, 0.1) is 0 Å². The zero-order valence-electron chi connectivity index (χ0n) is 24.0. The highest BCUT2D eigenvalue weighted by molar-refractivity contribution is 5.60. The Morgan fingerprint density at radius 1 is 0.634 bits per heavy atom. The number of rotatable bonds is 3. The van der Waals surface area contributed by atoms with E-state index in [0.717, 1.165) is 43.8 Å². The van der Waals surface area contributed by atoms with Crippen LogP contribution in [0.25, 0.3) is 5.65 Å². The molecule has 2 aromatic heterocycles. The van der Waals surface area contributed by atoms with E-state index in [-0.39, 0.29) is 5.65 Å². The fourth-order valence-electron chi connectivity index (χ4n) is 5.78. The maximum atomic E-state index is 13.1. The number of aromatic nitrogens is 4. The van der Waals surface area contributed by atoms with E-state index >= 15 is 0 Å². The van der Waals surface area contributed by atoms with E-state index in [1.165, 1.54) is 39.7 Å². The lowest BCUT2D eigenvalue weighted by Crippen LogP contribution is -2.47. The molecule has 2 aliphatic rings. The number of halogens is 3. The first-order chi connectivity index (χ1) is 19.6. The predicted octanol–water partition coefficient (Wildman–Crippen LogP) is 4.80. The number of alkyl halides is 3. The molecule has 0 amide bonds. The average Bonchev–Trinajstić information content (AvgIpc) is 3.39. The number of piperazine rings is 2. The van der Waals surface area contributed by atoms with Crippen LogP contribution >= 0.6 is 0 Å². The summed E-state index contributed by atoms with van der Waals surface area (Å²) in [7, 11) is 0. The van der Waals surface area contributed by atoms with Crippen molar-refractivity contribution in [2.24, 2.45) is 0 Å². The molecule has 218 valence electrons. The van der Waals surface area contributed by atoms with Crippen molar-refractivity contribution in [1.82, 2.24) is 25.1 Å². The quantitative estimate of drug-likeness (QED) is 0.382. The molecule has 0 bridgehead atoms. The maximum Gasteiger partial charge on any atom is 0.453 e. The first-order valence-corrected chi connectivity index (χ1v) is 14.0. The minimum atomic E-state index is -4.59. The summed E-state index contributed by atoms with van der Waals surface area (Å²) in [4.78, 5) is 6.80. The molecular weight excluding hydrogens is 529 g/mol. The fraction of sp³-hybridized carbons (Fsp3) is 0.433. The largest absolute Gasteiger partial charge is 0.453 e. The van der Waals surface area contributed by atoms with E-state index in [1.807, 2.05) is 11.0 Å². The lowest BCUT2D eigenvalue weighted by atomic mass is 10.1. The lowest BCUT2D eigenvalue weighted by Gasteiger charge is -2.38. The third-order valence-electron chi connectivity index (χ3n) is 7.73. The van der Waals surface area contributed by atoms with Crippen LogP contribution in [-0.2, 0) is 6.18 Å². The van der Waals surface area contributed by atoms with Crippen molar-refractivity contribution >= 4 is 22.8 Å². The second-order valence-corrected chi connectivity index (χ2v) is 10.7. The van der Waals surface area contributed by atoms with E-state index in [2.05, 4.69) is 88.4 Å². The third kappa shape index (κ3) is 6.24. The Labute approximate surface area is 238 Å². The van der Waals surface area contributed by atoms with E-state index in [4.69, 9.17) is 0 Å². The molecule has 2 saturated heterocycles. The molecule has 0 radical (unpaired) electrons. The van der Waals surface area contributed by atoms with Gasteiger partial charge in [0.2, 0.25) is 0 Å². The van der Waals surface area contributed by atoms with Gasteiger partial charge in [0.25, 0.3) is 5.82 Å². The van der Waals surface area contributed by atoms with Crippen LogP contribution in [0.4, 0.5) is 30.4 Å². The van der Waals surface area contributed by atoms with Crippen LogP contribution in [0.2, 0.25) is 0 Å². The van der Waals surface area contributed by atoms with Crippen molar-refractivity contribution in [1.29, 1.82) is 0 Å². The highest BCUT2D eigenvalue weighted by Gasteiger charge is 2.38. The van der Waals surface area contributed by atoms with Gasteiger partial charge in [0.1, 0.15) is 5.82 Å². The van der Waals surface area contributed by atoms with Gasteiger partial charge < -0.3 is 20.0 Å². The first kappa shape index (κ1) is 28.7. The van der Waals surface area contributed by atoms with Crippen molar-refractivity contribution < 1.29 is 13.2 Å². The standard InChI is InChI=1S/C18H19F3N6.C12H18N2/c1-12-4-3-5-13(2)16(12)26-10-8-25(9-11-26)15-7-6-14-22-23-17(18(19,20)21)27(14)24-15;1-10-4-3-5-11(2)12(10)14-8-6-13-7-9-14/h3-7H,8-11H2,1-2H3;3-5,13H,6-9H2,1-2H3. The van der Waals surface area contributed by atoms with Crippen molar-refractivity contribution in [3.63, 3.8) is 0 Å². The number of aryl methyl sites for hydroxylation is 4. The molecule has 4 aromatic rings. The minimum Gasteiger partial charge on any atom is -0.369 e. The maximum absolute atomic E-state index is 13.1. The SMILES string of the molecule is Cc1cccc(C)c1N1CCN(c2ccc3nnc(C(F)(F)F)n3n2)CC1.Cc1cccc(C)c1N1CCNCC1. The molecule has 1 N–H and O–H groups in total. The van der Waals surface area contributed by atoms with Crippen LogP contribution in [0.3, 0.4) is 0 Å². The Hall–Kier alpha value is -3.86. The van der Waals surface area contributed by atoms with Crippen LogP contribution in [0.15, 0.2) is 48.5 Å². The molecule has 6 rings (SSSR count). The van der Waals surface area contributed by atoms with Crippen LogP contribution in [0.5, 0.6) is 0 Å². The summed E-state index contributed by atoms with van der Waals surface area (Å²) in [5, 5.41) is 14.3. The van der Waals surface area contributed by atoms with Gasteiger partial charge in [-0.25, -0.2) is 0 Å². The predicted molar refractivity (Wildman–Crippen MR) is 157 cm³/mol. The Balaban J connectivity index is 0.000000202. The van der Waals surface area contributed by atoms with Crippen molar-refractivity contribution in [3.05, 3.63) is 76.6 Å². The lowest BCUT2D eigenvalue weighted by molar-refractivity contribution is -0.146. The molecule has 0 spiro atoms. The summed E-state index contributed by atoms with van der Waals surface area (Å²) < 4.78 is 39.9. The van der Waals surface area contributed by atoms with Gasteiger partial charge in [0, 0.05) is 63.7 Å². The van der Waals surface area contributed by atoms with Crippen molar-refractivity contribution in [2.45, 2.75) is 33.9 Å². The zero-order chi connectivity index (χ0) is 29.1. The van der Waals surface area contributed by atoms with E-state index in [0.29, 0.717) is 18.9 Å². The molecule has 8 nitrogen and oxygen atoms in total. The Bertz CT molecular complexity index is 1440. The average molecular weight is 567 g/mol. The van der Waals surface area contributed by atoms with Crippen molar-refractivity contribution in [3.8, 4) is 0 Å². The molecule has 4 heterocycles. The monoisotopic (exact) mass is 566 g/mol. The van der Waals surface area contributed by atoms with Crippen LogP contribution in [0.1, 0.15) is 28.1 Å². The molecule has 41 heavy (non-hydrogen) atoms. The first-order valence-electron chi connectivity index (χ1n) is 14.0. The second kappa shape index (κ2) is 11.9. The van der Waals surface area contributed by atoms with Gasteiger partial charge in [-0.3, -0.25) is 0 Å². The van der Waals surface area contributed by atoms with E-state index in [1.54, 1.807) is 6.07 Å². The zero-order valence-corrected chi connectivity index (χ0v) is 24.0. The molecule has 0 unspecified atom stereocenters. The van der Waals surface area contributed by atoms with Gasteiger partial charge in [-0.1, -0.05) is 36.4 Å². The summed E-state index contributed by atoms with van der Waals surface area (Å²) in [6, 6.07) is 16.0. The Morgan fingerprint density at radius 3 is 1.63 bits per heavy atom. The Kier molecular flexibility index (Phi) is 8.35. The molecular formula is C30H37F3N8. The van der Waals surface area contributed by atoms with E-state index < -0.39 is 12.0 Å².